The third kappa shape index (κ3) is 3.84. The number of carbonyl (C=O) groups is 1. The number of rotatable bonds is 6. The molecular formula is C9H17O6. The minimum Gasteiger partial charge on any atom is -0.394 e. The molecule has 0 aromatic heterocycles. The minimum absolute atomic E-state index is 0.742. The molecule has 0 spiro atoms. The number of aliphatic hydroxyl groups excluding tert-OH is 5. The van der Waals surface area contributed by atoms with Crippen LogP contribution in [0.3, 0.4) is 0 Å². The molecule has 0 aliphatic heterocycles. The van der Waals surface area contributed by atoms with E-state index in [1.54, 1.807) is 0 Å². The highest BCUT2D eigenvalue weighted by Gasteiger charge is 2.34. The van der Waals surface area contributed by atoms with Gasteiger partial charge in [-0.3, -0.25) is 4.79 Å². The fourth-order valence-corrected chi connectivity index (χ4v) is 0.982. The average Bonchev–Trinajstić information content (AvgIpc) is 2.23. The van der Waals surface area contributed by atoms with Crippen LogP contribution in [0.4, 0.5) is 0 Å². The zero-order valence-electron chi connectivity index (χ0n) is 8.45. The van der Waals surface area contributed by atoms with E-state index in [0.717, 1.165) is 0 Å². The van der Waals surface area contributed by atoms with E-state index in [1.807, 2.05) is 0 Å². The molecule has 0 amide bonds. The Bertz CT molecular complexity index is 205. The van der Waals surface area contributed by atoms with E-state index in [2.05, 4.69) is 6.92 Å². The first-order valence-corrected chi connectivity index (χ1v) is 4.52. The standard InChI is InChI=1S/C9H17O6/c1-4(2)6(12)8(14)9(15)7(13)5(11)3-10/h4-5,7-11,13-15H,1,3H2,2H3/t4?,5-,7-,8+,9+/m1/s1. The number of Topliss-reactive ketones (excluding diaryl/α,β-unsaturated/α-hetero) is 1. The fourth-order valence-electron chi connectivity index (χ4n) is 0.982. The van der Waals surface area contributed by atoms with Crippen molar-refractivity contribution in [1.82, 2.24) is 0 Å². The van der Waals surface area contributed by atoms with Gasteiger partial charge in [0.1, 0.15) is 24.4 Å². The third-order valence-electron chi connectivity index (χ3n) is 2.03. The Labute approximate surface area is 87.8 Å². The third-order valence-corrected chi connectivity index (χ3v) is 2.03. The van der Waals surface area contributed by atoms with Gasteiger partial charge < -0.3 is 25.5 Å². The van der Waals surface area contributed by atoms with E-state index >= 15 is 0 Å². The molecule has 0 rings (SSSR count). The second kappa shape index (κ2) is 6.14. The molecule has 0 aromatic carbocycles. The van der Waals surface area contributed by atoms with Crippen LogP contribution in [0.5, 0.6) is 0 Å². The lowest BCUT2D eigenvalue weighted by Crippen LogP contribution is -2.49. The molecule has 15 heavy (non-hydrogen) atoms. The molecule has 0 aromatic rings. The largest absolute Gasteiger partial charge is 0.394 e. The molecule has 0 saturated heterocycles. The quantitative estimate of drug-likeness (QED) is 0.337. The number of ketones is 1. The smallest absolute Gasteiger partial charge is 0.166 e. The summed E-state index contributed by atoms with van der Waals surface area (Å²) in [6, 6.07) is 0. The molecule has 6 nitrogen and oxygen atoms in total. The summed E-state index contributed by atoms with van der Waals surface area (Å²) in [5.74, 6) is -1.49. The Balaban J connectivity index is 4.43. The van der Waals surface area contributed by atoms with Crippen LogP contribution < -0.4 is 0 Å². The molecule has 0 bridgehead atoms. The van der Waals surface area contributed by atoms with Gasteiger partial charge in [0.2, 0.25) is 0 Å². The Hall–Kier alpha value is -0.530. The van der Waals surface area contributed by atoms with Crippen LogP contribution in [0.2, 0.25) is 0 Å². The molecule has 0 aliphatic carbocycles. The number of aliphatic hydroxyl groups is 5. The zero-order chi connectivity index (χ0) is 12.2. The number of hydrogen-bond acceptors (Lipinski definition) is 6. The van der Waals surface area contributed by atoms with E-state index in [9.17, 15) is 20.1 Å². The summed E-state index contributed by atoms with van der Waals surface area (Å²) in [4.78, 5) is 11.2. The molecule has 5 N–H and O–H groups in total. The number of carbonyl (C=O) groups excluding carboxylic acids is 1. The van der Waals surface area contributed by atoms with Crippen molar-refractivity contribution >= 4 is 5.78 Å². The molecule has 1 unspecified atom stereocenters. The van der Waals surface area contributed by atoms with E-state index in [0.29, 0.717) is 0 Å². The van der Waals surface area contributed by atoms with Crippen LogP contribution in [0.1, 0.15) is 6.92 Å². The van der Waals surface area contributed by atoms with Gasteiger partial charge in [0.05, 0.1) is 6.61 Å². The van der Waals surface area contributed by atoms with E-state index in [-0.39, 0.29) is 0 Å². The lowest BCUT2D eigenvalue weighted by atomic mass is 9.95. The summed E-state index contributed by atoms with van der Waals surface area (Å²) >= 11 is 0. The van der Waals surface area contributed by atoms with Crippen LogP contribution in [-0.2, 0) is 4.79 Å². The molecular weight excluding hydrogens is 204 g/mol. The second-order valence-electron chi connectivity index (χ2n) is 3.48. The van der Waals surface area contributed by atoms with Gasteiger partial charge in [-0.05, 0) is 6.92 Å². The maximum atomic E-state index is 11.2. The highest BCUT2D eigenvalue weighted by Crippen LogP contribution is 2.09. The van der Waals surface area contributed by atoms with Crippen LogP contribution in [-0.4, -0.2) is 62.3 Å². The highest BCUT2D eigenvalue weighted by atomic mass is 16.4. The predicted molar refractivity (Wildman–Crippen MR) is 50.6 cm³/mol. The zero-order valence-corrected chi connectivity index (χ0v) is 8.45. The molecule has 6 heteroatoms. The number of hydrogen-bond donors (Lipinski definition) is 5. The van der Waals surface area contributed by atoms with Crippen molar-refractivity contribution in [3.05, 3.63) is 6.92 Å². The topological polar surface area (TPSA) is 118 Å². The van der Waals surface area contributed by atoms with Crippen molar-refractivity contribution in [2.75, 3.05) is 6.61 Å². The Morgan fingerprint density at radius 1 is 1.20 bits per heavy atom. The van der Waals surface area contributed by atoms with Crippen LogP contribution in [0.25, 0.3) is 0 Å². The molecule has 0 saturated carbocycles. The monoisotopic (exact) mass is 221 g/mol. The minimum atomic E-state index is -1.84. The van der Waals surface area contributed by atoms with Crippen LogP contribution in [0, 0.1) is 12.8 Å². The van der Waals surface area contributed by atoms with E-state index in [4.69, 9.17) is 10.2 Å². The van der Waals surface area contributed by atoms with Crippen LogP contribution >= 0.6 is 0 Å². The van der Waals surface area contributed by atoms with E-state index < -0.39 is 42.7 Å². The van der Waals surface area contributed by atoms with Crippen molar-refractivity contribution < 1.29 is 30.3 Å². The summed E-state index contributed by atoms with van der Waals surface area (Å²) in [7, 11) is 0. The van der Waals surface area contributed by atoms with Gasteiger partial charge in [-0.25, -0.2) is 0 Å². The van der Waals surface area contributed by atoms with Gasteiger partial charge in [0.25, 0.3) is 0 Å². The van der Waals surface area contributed by atoms with E-state index in [1.165, 1.54) is 6.92 Å². The molecule has 89 valence electrons. The van der Waals surface area contributed by atoms with Crippen molar-refractivity contribution in [3.63, 3.8) is 0 Å². The molecule has 5 atom stereocenters. The lowest BCUT2D eigenvalue weighted by molar-refractivity contribution is -0.148. The molecule has 0 aliphatic rings. The predicted octanol–water partition coefficient (Wildman–Crippen LogP) is -2.54. The summed E-state index contributed by atoms with van der Waals surface area (Å²) in [6.07, 6.45) is -7.06. The highest BCUT2D eigenvalue weighted by molar-refractivity contribution is 5.86. The first-order chi connectivity index (χ1) is 6.82. The van der Waals surface area contributed by atoms with Gasteiger partial charge in [-0.1, -0.05) is 6.92 Å². The van der Waals surface area contributed by atoms with Gasteiger partial charge in [0.15, 0.2) is 5.78 Å². The van der Waals surface area contributed by atoms with Crippen LogP contribution in [0.15, 0.2) is 0 Å². The second-order valence-corrected chi connectivity index (χ2v) is 3.48. The lowest BCUT2D eigenvalue weighted by Gasteiger charge is -2.25. The first kappa shape index (κ1) is 14.5. The summed E-state index contributed by atoms with van der Waals surface area (Å²) in [5.41, 5.74) is 0. The summed E-state index contributed by atoms with van der Waals surface area (Å²) in [6.45, 7) is 4.00. The van der Waals surface area contributed by atoms with Gasteiger partial charge in [0, 0.05) is 5.92 Å². The fraction of sp³-hybridized carbons (Fsp3) is 0.778. The molecule has 0 heterocycles. The van der Waals surface area contributed by atoms with Gasteiger partial charge >= 0.3 is 0 Å². The Morgan fingerprint density at radius 3 is 2.00 bits per heavy atom. The van der Waals surface area contributed by atoms with Crippen molar-refractivity contribution in [2.45, 2.75) is 31.3 Å². The maximum Gasteiger partial charge on any atom is 0.166 e. The molecule has 0 fully saturated rings. The first-order valence-electron chi connectivity index (χ1n) is 4.52. The Morgan fingerprint density at radius 2 is 1.67 bits per heavy atom. The van der Waals surface area contributed by atoms with Gasteiger partial charge in [-0.15, -0.1) is 0 Å². The van der Waals surface area contributed by atoms with Crippen molar-refractivity contribution in [3.8, 4) is 0 Å². The van der Waals surface area contributed by atoms with Gasteiger partial charge in [-0.2, -0.15) is 0 Å². The summed E-state index contributed by atoms with van der Waals surface area (Å²) < 4.78 is 0. The molecule has 1 radical (unpaired) electrons. The maximum absolute atomic E-state index is 11.2. The normalized spacial score (nSPS) is 19.7. The van der Waals surface area contributed by atoms with Crippen molar-refractivity contribution in [2.24, 2.45) is 5.92 Å². The SMILES string of the molecule is [CH2]C(C)C(=O)[C@H](O)[C@@H](O)[C@H](O)[C@H](O)CO. The van der Waals surface area contributed by atoms with Crippen molar-refractivity contribution in [1.29, 1.82) is 0 Å². The average molecular weight is 221 g/mol. The Kier molecular flexibility index (Phi) is 5.92. The summed E-state index contributed by atoms with van der Waals surface area (Å²) in [5, 5.41) is 45.2.